The summed E-state index contributed by atoms with van der Waals surface area (Å²) in [5.41, 5.74) is 0.243. The summed E-state index contributed by atoms with van der Waals surface area (Å²) in [6.07, 6.45) is 0. The van der Waals surface area contributed by atoms with E-state index >= 15 is 0 Å². The minimum atomic E-state index is -0.310. The number of hydrogen-bond acceptors (Lipinski definition) is 5. The summed E-state index contributed by atoms with van der Waals surface area (Å²) in [7, 11) is 0. The van der Waals surface area contributed by atoms with Crippen molar-refractivity contribution in [2.24, 2.45) is 0 Å². The monoisotopic (exact) mass is 281 g/mol. The highest BCUT2D eigenvalue weighted by atomic mass is 16.7. The number of rotatable bonds is 4. The first-order valence-corrected chi connectivity index (χ1v) is 6.36. The summed E-state index contributed by atoms with van der Waals surface area (Å²) in [5.74, 6) is 1.31. The largest absolute Gasteiger partial charge is 0.483 e. The predicted molar refractivity (Wildman–Crippen MR) is 71.9 cm³/mol. The molecule has 1 heterocycles. The van der Waals surface area contributed by atoms with E-state index in [0.717, 1.165) is 0 Å². The van der Waals surface area contributed by atoms with Gasteiger partial charge >= 0.3 is 0 Å². The number of ether oxygens (including phenoxy) is 3. The van der Waals surface area contributed by atoms with Crippen molar-refractivity contribution in [3.63, 3.8) is 0 Å². The molecule has 0 atom stereocenters. The van der Waals surface area contributed by atoms with Crippen LogP contribution in [-0.2, 0) is 11.4 Å². The number of fused-ring (bicyclic) bond motifs is 1. The van der Waals surface area contributed by atoms with Gasteiger partial charge < -0.3 is 24.6 Å². The molecule has 0 saturated carbocycles. The Morgan fingerprint density at radius 2 is 2.00 bits per heavy atom. The Morgan fingerprint density at radius 1 is 1.35 bits per heavy atom. The zero-order valence-corrected chi connectivity index (χ0v) is 11.9. The van der Waals surface area contributed by atoms with Crippen LogP contribution in [0, 0.1) is 0 Å². The molecule has 1 amide bonds. The normalized spacial score (nSPS) is 13.2. The van der Waals surface area contributed by atoms with Crippen molar-refractivity contribution in [2.45, 2.75) is 32.9 Å². The number of carbonyl (C=O) groups is 1. The van der Waals surface area contributed by atoms with Gasteiger partial charge in [-0.05, 0) is 26.8 Å². The molecule has 0 saturated heterocycles. The summed E-state index contributed by atoms with van der Waals surface area (Å²) in [6, 6.07) is 3.28. The molecule has 0 aromatic heterocycles. The maximum absolute atomic E-state index is 11.7. The quantitative estimate of drug-likeness (QED) is 0.867. The van der Waals surface area contributed by atoms with Crippen LogP contribution in [0.25, 0.3) is 0 Å². The van der Waals surface area contributed by atoms with E-state index in [-0.39, 0.29) is 31.5 Å². The molecule has 20 heavy (non-hydrogen) atoms. The molecule has 1 aromatic carbocycles. The molecule has 1 aromatic rings. The zero-order valence-electron chi connectivity index (χ0n) is 11.9. The van der Waals surface area contributed by atoms with Crippen LogP contribution < -0.4 is 19.5 Å². The third-order valence-electron chi connectivity index (χ3n) is 2.60. The number of aliphatic hydroxyl groups excluding tert-OH is 1. The van der Waals surface area contributed by atoms with Crippen LogP contribution in [0.5, 0.6) is 17.2 Å². The minimum absolute atomic E-state index is 0.121. The number of nitrogens with one attached hydrogen (secondary N) is 1. The second-order valence-corrected chi connectivity index (χ2v) is 5.56. The van der Waals surface area contributed by atoms with Gasteiger partial charge in [0.1, 0.15) is 5.75 Å². The van der Waals surface area contributed by atoms with E-state index in [2.05, 4.69) is 5.32 Å². The molecule has 1 aliphatic heterocycles. The SMILES string of the molecule is CC(C)(C)NC(=O)COc1cc2c(cc1CO)OCO2. The molecule has 0 aliphatic carbocycles. The van der Waals surface area contributed by atoms with Crippen LogP contribution >= 0.6 is 0 Å². The molecule has 0 fully saturated rings. The maximum atomic E-state index is 11.7. The van der Waals surface area contributed by atoms with Crippen LogP contribution in [0.1, 0.15) is 26.3 Å². The van der Waals surface area contributed by atoms with Crippen LogP contribution in [0.15, 0.2) is 12.1 Å². The topological polar surface area (TPSA) is 77.0 Å². The van der Waals surface area contributed by atoms with E-state index in [1.54, 1.807) is 12.1 Å². The molecule has 2 rings (SSSR count). The standard InChI is InChI=1S/C14H19NO5/c1-14(2,3)15-13(17)7-18-10-5-12-11(19-8-20-12)4-9(10)6-16/h4-5,16H,6-8H2,1-3H3,(H,15,17). The van der Waals surface area contributed by atoms with Crippen molar-refractivity contribution in [1.29, 1.82) is 0 Å². The van der Waals surface area contributed by atoms with E-state index in [1.165, 1.54) is 0 Å². The minimum Gasteiger partial charge on any atom is -0.483 e. The zero-order chi connectivity index (χ0) is 14.8. The third-order valence-corrected chi connectivity index (χ3v) is 2.60. The molecule has 6 heteroatoms. The maximum Gasteiger partial charge on any atom is 0.258 e. The highest BCUT2D eigenvalue weighted by Crippen LogP contribution is 2.38. The van der Waals surface area contributed by atoms with Gasteiger partial charge in [0.15, 0.2) is 18.1 Å². The summed E-state index contributed by atoms with van der Waals surface area (Å²) in [4.78, 5) is 11.7. The Balaban J connectivity index is 2.04. The molecule has 0 bridgehead atoms. The molecule has 1 aliphatic rings. The van der Waals surface area contributed by atoms with Crippen LogP contribution in [0.2, 0.25) is 0 Å². The third kappa shape index (κ3) is 3.54. The average Bonchev–Trinajstić information content (AvgIpc) is 2.79. The first-order chi connectivity index (χ1) is 9.39. The molecule has 0 unspecified atom stereocenters. The van der Waals surface area contributed by atoms with Gasteiger partial charge in [0, 0.05) is 17.2 Å². The fourth-order valence-electron chi connectivity index (χ4n) is 1.82. The molecule has 6 nitrogen and oxygen atoms in total. The van der Waals surface area contributed by atoms with Crippen LogP contribution in [-0.4, -0.2) is 30.0 Å². The summed E-state index contributed by atoms with van der Waals surface area (Å²) in [5, 5.41) is 12.1. The van der Waals surface area contributed by atoms with Gasteiger partial charge in [-0.2, -0.15) is 0 Å². The van der Waals surface area contributed by atoms with Crippen molar-refractivity contribution in [1.82, 2.24) is 5.32 Å². The highest BCUT2D eigenvalue weighted by Gasteiger charge is 2.19. The van der Waals surface area contributed by atoms with Gasteiger partial charge in [0.25, 0.3) is 5.91 Å². The molecule has 0 spiro atoms. The lowest BCUT2D eigenvalue weighted by atomic mass is 10.1. The molecular formula is C14H19NO5. The number of aliphatic hydroxyl groups is 1. The lowest BCUT2D eigenvalue weighted by Crippen LogP contribution is -2.43. The number of amides is 1. The van der Waals surface area contributed by atoms with Crippen LogP contribution in [0.3, 0.4) is 0 Å². The predicted octanol–water partition coefficient (Wildman–Crippen LogP) is 1.20. The van der Waals surface area contributed by atoms with Crippen LogP contribution in [0.4, 0.5) is 0 Å². The van der Waals surface area contributed by atoms with Crippen molar-refractivity contribution in [3.05, 3.63) is 17.7 Å². The second-order valence-electron chi connectivity index (χ2n) is 5.56. The number of benzene rings is 1. The van der Waals surface area contributed by atoms with E-state index in [1.807, 2.05) is 20.8 Å². The Bertz CT molecular complexity index is 507. The van der Waals surface area contributed by atoms with E-state index in [0.29, 0.717) is 22.8 Å². The van der Waals surface area contributed by atoms with E-state index < -0.39 is 0 Å². The van der Waals surface area contributed by atoms with Gasteiger partial charge in [0.2, 0.25) is 6.79 Å². The fourth-order valence-corrected chi connectivity index (χ4v) is 1.82. The van der Waals surface area contributed by atoms with Gasteiger partial charge in [-0.25, -0.2) is 0 Å². The van der Waals surface area contributed by atoms with E-state index in [4.69, 9.17) is 14.2 Å². The van der Waals surface area contributed by atoms with Crippen molar-refractivity contribution < 1.29 is 24.1 Å². The Labute approximate surface area is 117 Å². The molecule has 0 radical (unpaired) electrons. The fraction of sp³-hybridized carbons (Fsp3) is 0.500. The van der Waals surface area contributed by atoms with Gasteiger partial charge in [-0.15, -0.1) is 0 Å². The van der Waals surface area contributed by atoms with Crippen molar-refractivity contribution >= 4 is 5.91 Å². The Morgan fingerprint density at radius 3 is 2.60 bits per heavy atom. The number of hydrogen-bond donors (Lipinski definition) is 2. The molecule has 110 valence electrons. The van der Waals surface area contributed by atoms with Gasteiger partial charge in [-0.1, -0.05) is 0 Å². The summed E-state index contributed by atoms with van der Waals surface area (Å²) >= 11 is 0. The second kappa shape index (κ2) is 5.58. The Hall–Kier alpha value is -1.95. The van der Waals surface area contributed by atoms with Crippen molar-refractivity contribution in [2.75, 3.05) is 13.4 Å². The first-order valence-electron chi connectivity index (χ1n) is 6.36. The van der Waals surface area contributed by atoms with E-state index in [9.17, 15) is 9.90 Å². The number of carbonyl (C=O) groups excluding carboxylic acids is 1. The lowest BCUT2D eigenvalue weighted by Gasteiger charge is -2.20. The molecular weight excluding hydrogens is 262 g/mol. The molecule has 2 N–H and O–H groups in total. The van der Waals surface area contributed by atoms with Gasteiger partial charge in [0.05, 0.1) is 6.61 Å². The van der Waals surface area contributed by atoms with Gasteiger partial charge in [-0.3, -0.25) is 4.79 Å². The summed E-state index contributed by atoms with van der Waals surface area (Å²) < 4.78 is 15.9. The van der Waals surface area contributed by atoms with Crippen molar-refractivity contribution in [3.8, 4) is 17.2 Å². The first kappa shape index (κ1) is 14.5. The smallest absolute Gasteiger partial charge is 0.258 e. The lowest BCUT2D eigenvalue weighted by molar-refractivity contribution is -0.124. The summed E-state index contributed by atoms with van der Waals surface area (Å²) in [6.45, 7) is 5.50. The highest BCUT2D eigenvalue weighted by molar-refractivity contribution is 5.78. The average molecular weight is 281 g/mol. The Kier molecular flexibility index (Phi) is 4.04.